The molecule has 1 fully saturated rings. The Balaban J connectivity index is 1.59. The number of hydrogen-bond acceptors (Lipinski definition) is 4. The van der Waals surface area contributed by atoms with Crippen molar-refractivity contribution in [2.24, 2.45) is 0 Å². The minimum Gasteiger partial charge on any atom is -0.378 e. The number of rotatable bonds is 4. The molecule has 2 aromatic rings. The second-order valence-corrected chi connectivity index (χ2v) is 7.08. The number of carbonyl (C=O) groups excluding carboxylic acids is 2. The van der Waals surface area contributed by atoms with Crippen LogP contribution in [0.2, 0.25) is 0 Å². The summed E-state index contributed by atoms with van der Waals surface area (Å²) in [4.78, 5) is 27.4. The van der Waals surface area contributed by atoms with Gasteiger partial charge in [0, 0.05) is 30.2 Å². The van der Waals surface area contributed by atoms with Gasteiger partial charge >= 0.3 is 6.03 Å². The number of urea groups is 1. The van der Waals surface area contributed by atoms with Crippen LogP contribution in [0.15, 0.2) is 65.9 Å². The molecule has 7 nitrogen and oxygen atoms in total. The molecule has 0 saturated carbocycles. The number of hydrogen-bond donors (Lipinski definition) is 3. The summed E-state index contributed by atoms with van der Waals surface area (Å²) in [5.74, 6) is -0.247. The van der Waals surface area contributed by atoms with E-state index in [2.05, 4.69) is 20.9 Å². The Morgan fingerprint density at radius 2 is 1.76 bits per heavy atom. The molecule has 2 aliphatic rings. The van der Waals surface area contributed by atoms with Crippen molar-refractivity contribution < 1.29 is 14.3 Å². The van der Waals surface area contributed by atoms with E-state index in [1.165, 1.54) is 0 Å². The van der Waals surface area contributed by atoms with Crippen LogP contribution in [-0.2, 0) is 9.53 Å². The van der Waals surface area contributed by atoms with Crippen molar-refractivity contribution >= 4 is 23.3 Å². The maximum atomic E-state index is 13.0. The van der Waals surface area contributed by atoms with E-state index in [1.807, 2.05) is 54.6 Å². The second-order valence-electron chi connectivity index (χ2n) is 7.08. The van der Waals surface area contributed by atoms with Gasteiger partial charge in [0.2, 0.25) is 0 Å². The highest BCUT2D eigenvalue weighted by Gasteiger charge is 2.31. The number of para-hydroxylation sites is 1. The number of ether oxygens (including phenoxy) is 1. The van der Waals surface area contributed by atoms with E-state index in [0.29, 0.717) is 17.0 Å². The molecule has 0 bridgehead atoms. The Hall–Kier alpha value is -3.32. The summed E-state index contributed by atoms with van der Waals surface area (Å²) in [6.45, 7) is 4.89. The third-order valence-electron chi connectivity index (χ3n) is 5.15. The molecule has 0 radical (unpaired) electrons. The Morgan fingerprint density at radius 3 is 2.45 bits per heavy atom. The third-order valence-corrected chi connectivity index (χ3v) is 5.15. The zero-order valence-corrected chi connectivity index (χ0v) is 16.3. The summed E-state index contributed by atoms with van der Waals surface area (Å²) in [5, 5.41) is 8.49. The standard InChI is InChI=1S/C22H24N4O3/c1-15-19(21(27)24-17-5-3-2-4-6-17)20(25-22(28)23-15)16-7-9-18(10-8-16)26-11-13-29-14-12-26/h2-10,20H,11-14H2,1H3,(H,24,27)(H2,23,25,28)/t20-/m0/s1. The van der Waals surface area contributed by atoms with Crippen LogP contribution in [0.4, 0.5) is 16.2 Å². The highest BCUT2D eigenvalue weighted by Crippen LogP contribution is 2.29. The molecule has 3 N–H and O–H groups in total. The average Bonchev–Trinajstić information content (AvgIpc) is 2.74. The highest BCUT2D eigenvalue weighted by atomic mass is 16.5. The first-order chi connectivity index (χ1) is 14.1. The van der Waals surface area contributed by atoms with E-state index in [4.69, 9.17) is 4.74 Å². The Kier molecular flexibility index (Phi) is 5.48. The van der Waals surface area contributed by atoms with Crippen molar-refractivity contribution in [2.45, 2.75) is 13.0 Å². The lowest BCUT2D eigenvalue weighted by Gasteiger charge is -2.31. The molecular weight excluding hydrogens is 368 g/mol. The van der Waals surface area contributed by atoms with Gasteiger partial charge in [0.25, 0.3) is 5.91 Å². The molecule has 2 aliphatic heterocycles. The quantitative estimate of drug-likeness (QED) is 0.747. The molecule has 0 unspecified atom stereocenters. The first-order valence-electron chi connectivity index (χ1n) is 9.69. The SMILES string of the molecule is CC1=C(C(=O)Nc2ccccc2)[C@H](c2ccc(N3CCOCC3)cc2)NC(=O)N1. The van der Waals surface area contributed by atoms with Gasteiger partial charge in [0.05, 0.1) is 24.8 Å². The molecule has 3 amide bonds. The second kappa shape index (κ2) is 8.36. The maximum Gasteiger partial charge on any atom is 0.319 e. The summed E-state index contributed by atoms with van der Waals surface area (Å²) in [6.07, 6.45) is 0. The molecule has 0 aromatic heterocycles. The zero-order valence-electron chi connectivity index (χ0n) is 16.3. The average molecular weight is 392 g/mol. The molecule has 4 rings (SSSR count). The van der Waals surface area contributed by atoms with Crippen LogP contribution in [-0.4, -0.2) is 38.2 Å². The molecule has 0 spiro atoms. The van der Waals surface area contributed by atoms with Gasteiger partial charge < -0.3 is 25.6 Å². The third kappa shape index (κ3) is 4.25. The van der Waals surface area contributed by atoms with Gasteiger partial charge in [-0.3, -0.25) is 4.79 Å². The van der Waals surface area contributed by atoms with Crippen LogP contribution < -0.4 is 20.9 Å². The lowest BCUT2D eigenvalue weighted by atomic mass is 9.94. The number of carbonyl (C=O) groups is 2. The summed E-state index contributed by atoms with van der Waals surface area (Å²) in [5.41, 5.74) is 3.70. The van der Waals surface area contributed by atoms with Crippen molar-refractivity contribution in [1.29, 1.82) is 0 Å². The van der Waals surface area contributed by atoms with Crippen LogP contribution in [0.5, 0.6) is 0 Å². The molecule has 29 heavy (non-hydrogen) atoms. The van der Waals surface area contributed by atoms with Gasteiger partial charge in [-0.2, -0.15) is 0 Å². The van der Waals surface area contributed by atoms with E-state index in [9.17, 15) is 9.59 Å². The Labute approximate surface area is 169 Å². The lowest BCUT2D eigenvalue weighted by Crippen LogP contribution is -2.46. The lowest BCUT2D eigenvalue weighted by molar-refractivity contribution is -0.113. The van der Waals surface area contributed by atoms with Crippen molar-refractivity contribution in [2.75, 3.05) is 36.5 Å². The summed E-state index contributed by atoms with van der Waals surface area (Å²) < 4.78 is 5.41. The molecule has 7 heteroatoms. The number of nitrogens with zero attached hydrogens (tertiary/aromatic N) is 1. The maximum absolute atomic E-state index is 13.0. The fraction of sp³-hybridized carbons (Fsp3) is 0.273. The minimum absolute atomic E-state index is 0.247. The Morgan fingerprint density at radius 1 is 1.07 bits per heavy atom. The van der Waals surface area contributed by atoms with Crippen molar-refractivity contribution in [1.82, 2.24) is 10.6 Å². The normalized spacial score (nSPS) is 19.4. The molecular formula is C22H24N4O3. The molecule has 2 aromatic carbocycles. The van der Waals surface area contributed by atoms with Crippen LogP contribution in [0.1, 0.15) is 18.5 Å². The van der Waals surface area contributed by atoms with Crippen molar-refractivity contribution in [3.8, 4) is 0 Å². The molecule has 1 atom stereocenters. The minimum atomic E-state index is -0.522. The van der Waals surface area contributed by atoms with Crippen LogP contribution >= 0.6 is 0 Å². The van der Waals surface area contributed by atoms with Crippen LogP contribution in [0.3, 0.4) is 0 Å². The molecule has 1 saturated heterocycles. The smallest absolute Gasteiger partial charge is 0.319 e. The van der Waals surface area contributed by atoms with Gasteiger partial charge in [0.1, 0.15) is 0 Å². The van der Waals surface area contributed by atoms with Gasteiger partial charge in [0.15, 0.2) is 0 Å². The number of benzene rings is 2. The van der Waals surface area contributed by atoms with E-state index >= 15 is 0 Å². The fourth-order valence-electron chi connectivity index (χ4n) is 3.66. The van der Waals surface area contributed by atoms with Gasteiger partial charge in [-0.05, 0) is 36.8 Å². The molecule has 2 heterocycles. The first kappa shape index (κ1) is 19.0. The number of nitrogens with one attached hydrogen (secondary N) is 3. The predicted octanol–water partition coefficient (Wildman–Crippen LogP) is 2.79. The van der Waals surface area contributed by atoms with Crippen molar-refractivity contribution in [3.05, 3.63) is 71.4 Å². The van der Waals surface area contributed by atoms with E-state index < -0.39 is 6.04 Å². The fourth-order valence-corrected chi connectivity index (χ4v) is 3.66. The summed E-state index contributed by atoms with van der Waals surface area (Å²) in [7, 11) is 0. The number of morpholine rings is 1. The van der Waals surface area contributed by atoms with Crippen LogP contribution in [0, 0.1) is 0 Å². The van der Waals surface area contributed by atoms with Crippen molar-refractivity contribution in [3.63, 3.8) is 0 Å². The monoisotopic (exact) mass is 392 g/mol. The summed E-state index contributed by atoms with van der Waals surface area (Å²) >= 11 is 0. The topological polar surface area (TPSA) is 82.7 Å². The number of anilines is 2. The van der Waals surface area contributed by atoms with Gasteiger partial charge in [-0.25, -0.2) is 4.79 Å². The van der Waals surface area contributed by atoms with E-state index in [-0.39, 0.29) is 11.9 Å². The number of amides is 3. The number of allylic oxidation sites excluding steroid dienone is 1. The van der Waals surface area contributed by atoms with Gasteiger partial charge in [-0.1, -0.05) is 30.3 Å². The van der Waals surface area contributed by atoms with E-state index in [0.717, 1.165) is 37.6 Å². The first-order valence-corrected chi connectivity index (χ1v) is 9.69. The molecule has 0 aliphatic carbocycles. The predicted molar refractivity (Wildman–Crippen MR) is 112 cm³/mol. The van der Waals surface area contributed by atoms with E-state index in [1.54, 1.807) is 6.92 Å². The highest BCUT2D eigenvalue weighted by molar-refractivity contribution is 6.06. The summed E-state index contributed by atoms with van der Waals surface area (Å²) in [6, 6.07) is 16.4. The largest absolute Gasteiger partial charge is 0.378 e. The zero-order chi connectivity index (χ0) is 20.2. The molecule has 150 valence electrons. The van der Waals surface area contributed by atoms with Crippen LogP contribution in [0.25, 0.3) is 0 Å². The van der Waals surface area contributed by atoms with Gasteiger partial charge in [-0.15, -0.1) is 0 Å². The Bertz CT molecular complexity index is 919.